The van der Waals surface area contributed by atoms with Gasteiger partial charge in [-0.2, -0.15) is 0 Å². The number of aromatic nitrogens is 1. The molecule has 0 atom stereocenters. The van der Waals surface area contributed by atoms with Crippen molar-refractivity contribution in [3.63, 3.8) is 0 Å². The summed E-state index contributed by atoms with van der Waals surface area (Å²) in [5, 5.41) is 11.7. The molecule has 0 bridgehead atoms. The van der Waals surface area contributed by atoms with E-state index < -0.39 is 0 Å². The van der Waals surface area contributed by atoms with E-state index in [9.17, 15) is 4.79 Å². The van der Waals surface area contributed by atoms with Crippen molar-refractivity contribution in [2.75, 3.05) is 25.0 Å². The minimum absolute atomic E-state index is 0.0251. The number of hydrogen-bond donors (Lipinski definition) is 2. The fourth-order valence-corrected chi connectivity index (χ4v) is 1.51. The number of nitrogens with zero attached hydrogens (tertiary/aromatic N) is 2. The molecule has 0 fully saturated rings. The van der Waals surface area contributed by atoms with Crippen LogP contribution in [0.2, 0.25) is 0 Å². The van der Waals surface area contributed by atoms with Crippen LogP contribution in [0.15, 0.2) is 18.5 Å². The van der Waals surface area contributed by atoms with E-state index in [4.69, 9.17) is 5.11 Å². The number of aryl methyl sites for hydroxylation is 1. The summed E-state index contributed by atoms with van der Waals surface area (Å²) in [5.41, 5.74) is 1.67. The van der Waals surface area contributed by atoms with Gasteiger partial charge >= 0.3 is 6.03 Å². The molecule has 1 aromatic heterocycles. The zero-order valence-corrected chi connectivity index (χ0v) is 10.3. The van der Waals surface area contributed by atoms with Gasteiger partial charge in [0.05, 0.1) is 6.61 Å². The summed E-state index contributed by atoms with van der Waals surface area (Å²) in [6.45, 7) is 4.84. The molecule has 0 saturated carbocycles. The van der Waals surface area contributed by atoms with Crippen LogP contribution < -0.4 is 5.32 Å². The van der Waals surface area contributed by atoms with Crippen LogP contribution in [0.5, 0.6) is 0 Å². The summed E-state index contributed by atoms with van der Waals surface area (Å²) in [7, 11) is 0. The molecular formula is C12H19N3O2. The van der Waals surface area contributed by atoms with Gasteiger partial charge in [0.2, 0.25) is 0 Å². The molecule has 0 unspecified atom stereocenters. The smallest absolute Gasteiger partial charge is 0.321 e. The predicted octanol–water partition coefficient (Wildman–Crippen LogP) is 1.63. The van der Waals surface area contributed by atoms with E-state index in [0.29, 0.717) is 13.1 Å². The first kappa shape index (κ1) is 13.4. The molecule has 0 aliphatic heterocycles. The van der Waals surface area contributed by atoms with Crippen LogP contribution in [0.1, 0.15) is 18.9 Å². The molecule has 0 aromatic carbocycles. The summed E-state index contributed by atoms with van der Waals surface area (Å²) in [6.07, 6.45) is 4.20. The van der Waals surface area contributed by atoms with Crippen LogP contribution in [0.4, 0.5) is 10.5 Å². The van der Waals surface area contributed by atoms with Gasteiger partial charge in [-0.05, 0) is 25.0 Å². The van der Waals surface area contributed by atoms with Crippen LogP contribution >= 0.6 is 0 Å². The van der Waals surface area contributed by atoms with Gasteiger partial charge in [-0.15, -0.1) is 0 Å². The molecule has 2 N–H and O–H groups in total. The first-order valence-electron chi connectivity index (χ1n) is 5.76. The molecule has 0 spiro atoms. The highest BCUT2D eigenvalue weighted by Crippen LogP contribution is 2.12. The number of carbonyl (C=O) groups excluding carboxylic acids is 1. The van der Waals surface area contributed by atoms with E-state index in [0.717, 1.165) is 17.7 Å². The number of rotatable bonds is 5. The number of aliphatic hydroxyl groups is 1. The standard InChI is InChI=1S/C12H19N3O2/c1-3-6-15(7-8-16)12(17)14-11-4-5-13-9-10(11)2/h4-5,9,16H,3,6-8H2,1-2H3,(H,13,14,17). The Bertz CT molecular complexity index is 363. The molecule has 17 heavy (non-hydrogen) atoms. The molecule has 2 amide bonds. The van der Waals surface area contributed by atoms with Crippen LogP contribution in [0, 0.1) is 6.92 Å². The van der Waals surface area contributed by atoms with Gasteiger partial charge in [-0.25, -0.2) is 4.79 Å². The SMILES string of the molecule is CCCN(CCO)C(=O)Nc1ccncc1C. The number of pyridine rings is 1. The molecule has 0 saturated heterocycles. The van der Waals surface area contributed by atoms with Gasteiger partial charge in [0, 0.05) is 31.2 Å². The van der Waals surface area contributed by atoms with Crippen LogP contribution in [-0.2, 0) is 0 Å². The monoisotopic (exact) mass is 237 g/mol. The fourth-order valence-electron chi connectivity index (χ4n) is 1.51. The molecule has 1 heterocycles. The second-order valence-electron chi connectivity index (χ2n) is 3.83. The quantitative estimate of drug-likeness (QED) is 0.818. The molecule has 1 aromatic rings. The molecule has 1 rings (SSSR count). The summed E-state index contributed by atoms with van der Waals surface area (Å²) >= 11 is 0. The van der Waals surface area contributed by atoms with Crippen molar-refractivity contribution in [1.29, 1.82) is 0 Å². The van der Waals surface area contributed by atoms with E-state index in [-0.39, 0.29) is 12.6 Å². The summed E-state index contributed by atoms with van der Waals surface area (Å²) in [6, 6.07) is 1.58. The number of hydrogen-bond acceptors (Lipinski definition) is 3. The zero-order valence-electron chi connectivity index (χ0n) is 10.3. The topological polar surface area (TPSA) is 65.5 Å². The fraction of sp³-hybridized carbons (Fsp3) is 0.500. The average molecular weight is 237 g/mol. The number of nitrogens with one attached hydrogen (secondary N) is 1. The Labute approximate surface area is 101 Å². The molecule has 5 nitrogen and oxygen atoms in total. The predicted molar refractivity (Wildman–Crippen MR) is 66.9 cm³/mol. The number of amides is 2. The van der Waals surface area contributed by atoms with Crippen molar-refractivity contribution in [3.8, 4) is 0 Å². The molecular weight excluding hydrogens is 218 g/mol. The first-order chi connectivity index (χ1) is 8.19. The lowest BCUT2D eigenvalue weighted by Gasteiger charge is -2.21. The highest BCUT2D eigenvalue weighted by molar-refractivity contribution is 5.90. The summed E-state index contributed by atoms with van der Waals surface area (Å²) in [4.78, 5) is 17.5. The van der Waals surface area contributed by atoms with Crippen molar-refractivity contribution in [2.24, 2.45) is 0 Å². The van der Waals surface area contributed by atoms with Gasteiger partial charge in [0.25, 0.3) is 0 Å². The Morgan fingerprint density at radius 2 is 2.29 bits per heavy atom. The third-order valence-electron chi connectivity index (χ3n) is 2.41. The second-order valence-corrected chi connectivity index (χ2v) is 3.83. The highest BCUT2D eigenvalue weighted by Gasteiger charge is 2.12. The minimum atomic E-state index is -0.185. The Morgan fingerprint density at radius 3 is 2.88 bits per heavy atom. The maximum Gasteiger partial charge on any atom is 0.321 e. The van der Waals surface area contributed by atoms with E-state index in [1.807, 2.05) is 13.8 Å². The Kier molecular flexibility index (Phi) is 5.42. The lowest BCUT2D eigenvalue weighted by Crippen LogP contribution is -2.37. The van der Waals surface area contributed by atoms with Crippen LogP contribution in [0.25, 0.3) is 0 Å². The third-order valence-corrected chi connectivity index (χ3v) is 2.41. The number of aliphatic hydroxyl groups excluding tert-OH is 1. The molecule has 5 heteroatoms. The Balaban J connectivity index is 2.66. The summed E-state index contributed by atoms with van der Waals surface area (Å²) < 4.78 is 0. The molecule has 0 aliphatic carbocycles. The van der Waals surface area contributed by atoms with Crippen molar-refractivity contribution >= 4 is 11.7 Å². The number of carbonyl (C=O) groups is 1. The molecule has 0 radical (unpaired) electrons. The van der Waals surface area contributed by atoms with Gasteiger partial charge in [0.15, 0.2) is 0 Å². The first-order valence-corrected chi connectivity index (χ1v) is 5.76. The molecule has 0 aliphatic rings. The number of urea groups is 1. The lowest BCUT2D eigenvalue weighted by atomic mass is 10.2. The van der Waals surface area contributed by atoms with E-state index in [1.165, 1.54) is 0 Å². The second kappa shape index (κ2) is 6.85. The number of anilines is 1. The maximum absolute atomic E-state index is 11.9. The average Bonchev–Trinajstić information content (AvgIpc) is 2.32. The van der Waals surface area contributed by atoms with Crippen LogP contribution in [-0.4, -0.2) is 40.7 Å². The Hall–Kier alpha value is -1.62. The van der Waals surface area contributed by atoms with Crippen LogP contribution in [0.3, 0.4) is 0 Å². The zero-order chi connectivity index (χ0) is 12.7. The van der Waals surface area contributed by atoms with Gasteiger partial charge in [0.1, 0.15) is 0 Å². The van der Waals surface area contributed by atoms with E-state index in [1.54, 1.807) is 23.4 Å². The van der Waals surface area contributed by atoms with Crippen molar-refractivity contribution < 1.29 is 9.90 Å². The summed E-state index contributed by atoms with van der Waals surface area (Å²) in [5.74, 6) is 0. The van der Waals surface area contributed by atoms with Gasteiger partial charge < -0.3 is 15.3 Å². The van der Waals surface area contributed by atoms with Gasteiger partial charge in [-0.3, -0.25) is 4.98 Å². The normalized spacial score (nSPS) is 10.1. The Morgan fingerprint density at radius 1 is 1.53 bits per heavy atom. The van der Waals surface area contributed by atoms with Gasteiger partial charge in [-0.1, -0.05) is 6.92 Å². The van der Waals surface area contributed by atoms with E-state index in [2.05, 4.69) is 10.3 Å². The minimum Gasteiger partial charge on any atom is -0.395 e. The largest absolute Gasteiger partial charge is 0.395 e. The van der Waals surface area contributed by atoms with Crippen molar-refractivity contribution in [2.45, 2.75) is 20.3 Å². The lowest BCUT2D eigenvalue weighted by molar-refractivity contribution is 0.188. The molecule has 94 valence electrons. The van der Waals surface area contributed by atoms with E-state index >= 15 is 0 Å². The van der Waals surface area contributed by atoms with Crippen molar-refractivity contribution in [1.82, 2.24) is 9.88 Å². The highest BCUT2D eigenvalue weighted by atomic mass is 16.3. The third kappa shape index (κ3) is 4.03. The maximum atomic E-state index is 11.9. The van der Waals surface area contributed by atoms with Crippen molar-refractivity contribution in [3.05, 3.63) is 24.0 Å².